The first-order chi connectivity index (χ1) is 9.60. The minimum Gasteiger partial charge on any atom is -0.338 e. The molecule has 1 spiro atoms. The largest absolute Gasteiger partial charge is 0.338 e. The van der Waals surface area contributed by atoms with E-state index >= 15 is 0 Å². The first kappa shape index (κ1) is 13.8. The van der Waals surface area contributed by atoms with Crippen molar-refractivity contribution in [2.45, 2.75) is 25.8 Å². The van der Waals surface area contributed by atoms with Crippen LogP contribution in [0.2, 0.25) is 5.02 Å². The number of halogens is 2. The molecule has 5 heteroatoms. The van der Waals surface area contributed by atoms with Gasteiger partial charge in [0.1, 0.15) is 5.82 Å². The van der Waals surface area contributed by atoms with Gasteiger partial charge in [0, 0.05) is 19.5 Å². The van der Waals surface area contributed by atoms with Crippen LogP contribution in [-0.2, 0) is 11.3 Å². The Morgan fingerprint density at radius 3 is 2.85 bits per heavy atom. The van der Waals surface area contributed by atoms with E-state index < -0.39 is 5.82 Å². The molecule has 0 aliphatic carbocycles. The van der Waals surface area contributed by atoms with Crippen LogP contribution >= 0.6 is 11.6 Å². The lowest BCUT2D eigenvalue weighted by atomic mass is 9.78. The summed E-state index contributed by atoms with van der Waals surface area (Å²) in [6.07, 6.45) is 2.68. The Balaban J connectivity index is 1.75. The SMILES string of the molecule is O=C1CC2(CCNCC2)CN1Cc1cccc(F)c1Cl. The van der Waals surface area contributed by atoms with Crippen molar-refractivity contribution in [3.63, 3.8) is 0 Å². The van der Waals surface area contributed by atoms with Crippen molar-refractivity contribution < 1.29 is 9.18 Å². The Kier molecular flexibility index (Phi) is 3.69. The maximum atomic E-state index is 13.5. The van der Waals surface area contributed by atoms with Crippen LogP contribution in [0.3, 0.4) is 0 Å². The summed E-state index contributed by atoms with van der Waals surface area (Å²) >= 11 is 5.97. The van der Waals surface area contributed by atoms with Gasteiger partial charge in [0.15, 0.2) is 0 Å². The van der Waals surface area contributed by atoms with E-state index in [1.165, 1.54) is 6.07 Å². The maximum Gasteiger partial charge on any atom is 0.223 e. The summed E-state index contributed by atoms with van der Waals surface area (Å²) in [7, 11) is 0. The molecule has 0 saturated carbocycles. The van der Waals surface area contributed by atoms with E-state index in [0.29, 0.717) is 18.5 Å². The molecule has 1 aromatic rings. The third-order valence-electron chi connectivity index (χ3n) is 4.46. The highest BCUT2D eigenvalue weighted by atomic mass is 35.5. The fourth-order valence-electron chi connectivity index (χ4n) is 3.29. The van der Waals surface area contributed by atoms with Gasteiger partial charge in [0.25, 0.3) is 0 Å². The van der Waals surface area contributed by atoms with Crippen LogP contribution in [-0.4, -0.2) is 30.4 Å². The van der Waals surface area contributed by atoms with E-state index in [4.69, 9.17) is 11.6 Å². The monoisotopic (exact) mass is 296 g/mol. The van der Waals surface area contributed by atoms with E-state index in [1.54, 1.807) is 12.1 Å². The molecule has 3 nitrogen and oxygen atoms in total. The molecule has 20 heavy (non-hydrogen) atoms. The van der Waals surface area contributed by atoms with Crippen molar-refractivity contribution in [3.8, 4) is 0 Å². The molecule has 1 aromatic carbocycles. The van der Waals surface area contributed by atoms with Crippen molar-refractivity contribution in [2.24, 2.45) is 5.41 Å². The van der Waals surface area contributed by atoms with Gasteiger partial charge < -0.3 is 10.2 Å². The highest BCUT2D eigenvalue weighted by Gasteiger charge is 2.43. The van der Waals surface area contributed by atoms with Crippen LogP contribution in [0, 0.1) is 11.2 Å². The first-order valence-corrected chi connectivity index (χ1v) is 7.39. The van der Waals surface area contributed by atoms with Gasteiger partial charge in [-0.1, -0.05) is 23.7 Å². The summed E-state index contributed by atoms with van der Waals surface area (Å²) in [5.41, 5.74) is 0.799. The van der Waals surface area contributed by atoms with Crippen LogP contribution in [0.4, 0.5) is 4.39 Å². The average Bonchev–Trinajstić information content (AvgIpc) is 2.72. The minimum absolute atomic E-state index is 0.113. The second-order valence-corrected chi connectivity index (χ2v) is 6.27. The first-order valence-electron chi connectivity index (χ1n) is 7.01. The van der Waals surface area contributed by atoms with E-state index in [1.807, 2.05) is 4.90 Å². The second kappa shape index (κ2) is 5.34. The lowest BCUT2D eigenvalue weighted by Gasteiger charge is -2.33. The van der Waals surface area contributed by atoms with Crippen molar-refractivity contribution in [1.82, 2.24) is 10.2 Å². The Morgan fingerprint density at radius 1 is 1.35 bits per heavy atom. The topological polar surface area (TPSA) is 32.3 Å². The van der Waals surface area contributed by atoms with E-state index in [0.717, 1.165) is 32.5 Å². The normalized spacial score (nSPS) is 21.7. The molecule has 108 valence electrons. The zero-order chi connectivity index (χ0) is 14.2. The molecular weight excluding hydrogens is 279 g/mol. The van der Waals surface area contributed by atoms with Crippen LogP contribution in [0.15, 0.2) is 18.2 Å². The smallest absolute Gasteiger partial charge is 0.223 e. The van der Waals surface area contributed by atoms with Gasteiger partial charge in [-0.3, -0.25) is 4.79 Å². The van der Waals surface area contributed by atoms with E-state index in [-0.39, 0.29) is 16.3 Å². The third kappa shape index (κ3) is 2.54. The number of carbonyl (C=O) groups is 1. The number of carbonyl (C=O) groups excluding carboxylic acids is 1. The molecule has 1 amide bonds. The van der Waals surface area contributed by atoms with Crippen molar-refractivity contribution in [1.29, 1.82) is 0 Å². The lowest BCUT2D eigenvalue weighted by molar-refractivity contribution is -0.128. The molecule has 2 heterocycles. The molecule has 0 bridgehead atoms. The number of amides is 1. The molecule has 2 saturated heterocycles. The Hall–Kier alpha value is -1.13. The molecule has 2 aliphatic rings. The Morgan fingerprint density at radius 2 is 2.10 bits per heavy atom. The molecule has 3 rings (SSSR count). The fourth-order valence-corrected chi connectivity index (χ4v) is 3.48. The predicted molar refractivity (Wildman–Crippen MR) is 76.0 cm³/mol. The number of benzene rings is 1. The number of likely N-dealkylation sites (tertiary alicyclic amines) is 1. The zero-order valence-electron chi connectivity index (χ0n) is 11.3. The quantitative estimate of drug-likeness (QED) is 0.910. The minimum atomic E-state index is -0.424. The molecule has 0 atom stereocenters. The summed E-state index contributed by atoms with van der Waals surface area (Å²) in [6, 6.07) is 4.76. The van der Waals surface area contributed by atoms with Crippen molar-refractivity contribution in [3.05, 3.63) is 34.6 Å². The number of hydrogen-bond acceptors (Lipinski definition) is 2. The van der Waals surface area contributed by atoms with Gasteiger partial charge in [0.2, 0.25) is 5.91 Å². The van der Waals surface area contributed by atoms with E-state index in [9.17, 15) is 9.18 Å². The fraction of sp³-hybridized carbons (Fsp3) is 0.533. The number of nitrogens with zero attached hydrogens (tertiary/aromatic N) is 1. The maximum absolute atomic E-state index is 13.5. The summed E-state index contributed by atoms with van der Waals surface area (Å²) in [4.78, 5) is 14.0. The second-order valence-electron chi connectivity index (χ2n) is 5.89. The molecule has 0 radical (unpaired) electrons. The molecule has 0 aromatic heterocycles. The lowest BCUT2D eigenvalue weighted by Crippen LogP contribution is -2.38. The molecule has 0 unspecified atom stereocenters. The Labute approximate surface area is 123 Å². The van der Waals surface area contributed by atoms with Crippen molar-refractivity contribution >= 4 is 17.5 Å². The number of nitrogens with one attached hydrogen (secondary N) is 1. The number of piperidine rings is 1. The molecule has 1 N–H and O–H groups in total. The average molecular weight is 297 g/mol. The standard InChI is InChI=1S/C15H18ClFN2O/c16-14-11(2-1-3-12(14)17)9-19-10-15(8-13(19)20)4-6-18-7-5-15/h1-3,18H,4-10H2. The third-order valence-corrected chi connectivity index (χ3v) is 4.89. The van der Waals surface area contributed by atoms with Crippen LogP contribution in [0.25, 0.3) is 0 Å². The summed E-state index contributed by atoms with van der Waals surface area (Å²) in [6.45, 7) is 3.12. The van der Waals surface area contributed by atoms with Gasteiger partial charge >= 0.3 is 0 Å². The number of rotatable bonds is 2. The summed E-state index contributed by atoms with van der Waals surface area (Å²) in [5.74, 6) is -0.264. The van der Waals surface area contributed by atoms with Crippen LogP contribution < -0.4 is 5.32 Å². The highest BCUT2D eigenvalue weighted by molar-refractivity contribution is 6.31. The Bertz CT molecular complexity index is 529. The van der Waals surface area contributed by atoms with Crippen LogP contribution in [0.5, 0.6) is 0 Å². The number of hydrogen-bond donors (Lipinski definition) is 1. The van der Waals surface area contributed by atoms with Gasteiger partial charge in [-0.25, -0.2) is 4.39 Å². The molecule has 2 fully saturated rings. The molecule has 2 aliphatic heterocycles. The zero-order valence-corrected chi connectivity index (χ0v) is 12.0. The summed E-state index contributed by atoms with van der Waals surface area (Å²) in [5, 5.41) is 3.46. The predicted octanol–water partition coefficient (Wildman–Crippen LogP) is 2.58. The van der Waals surface area contributed by atoms with Gasteiger partial charge in [-0.05, 0) is 43.0 Å². The van der Waals surface area contributed by atoms with Crippen LogP contribution in [0.1, 0.15) is 24.8 Å². The van der Waals surface area contributed by atoms with Crippen molar-refractivity contribution in [2.75, 3.05) is 19.6 Å². The highest BCUT2D eigenvalue weighted by Crippen LogP contribution is 2.40. The van der Waals surface area contributed by atoms with Gasteiger partial charge in [0.05, 0.1) is 5.02 Å². The van der Waals surface area contributed by atoms with Gasteiger partial charge in [-0.2, -0.15) is 0 Å². The van der Waals surface area contributed by atoms with Gasteiger partial charge in [-0.15, -0.1) is 0 Å². The molecular formula is C15H18ClFN2O. The summed E-state index contributed by atoms with van der Waals surface area (Å²) < 4.78 is 13.5. The van der Waals surface area contributed by atoms with E-state index in [2.05, 4.69) is 5.32 Å².